The van der Waals surface area contributed by atoms with Crippen molar-refractivity contribution in [2.24, 2.45) is 7.05 Å². The number of aromatic nitrogens is 1. The number of carbonyl (C=O) groups excluding carboxylic acids is 1. The number of nitrogens with zero attached hydrogens (tertiary/aromatic N) is 1. The zero-order valence-corrected chi connectivity index (χ0v) is 15.0. The Morgan fingerprint density at radius 1 is 1.04 bits per heavy atom. The number of hydrogen-bond acceptors (Lipinski definition) is 4. The molecular formula is C18H19N3O3S. The van der Waals surface area contributed by atoms with Gasteiger partial charge in [-0.2, -0.15) is 0 Å². The van der Waals surface area contributed by atoms with E-state index in [0.29, 0.717) is 22.8 Å². The Balaban J connectivity index is 2.22. The first-order chi connectivity index (χ1) is 11.8. The molecular weight excluding hydrogens is 338 g/mol. The summed E-state index contributed by atoms with van der Waals surface area (Å²) in [4.78, 5) is 11.9. The second-order valence-corrected chi connectivity index (χ2v) is 7.65. The van der Waals surface area contributed by atoms with Gasteiger partial charge in [0.25, 0.3) is 0 Å². The van der Waals surface area contributed by atoms with Gasteiger partial charge in [0.15, 0.2) is 5.78 Å². The fourth-order valence-corrected chi connectivity index (χ4v) is 3.44. The largest absolute Gasteiger partial charge is 0.351 e. The molecule has 0 aliphatic heterocycles. The van der Waals surface area contributed by atoms with Crippen molar-refractivity contribution in [2.75, 3.05) is 16.3 Å². The molecule has 3 rings (SSSR count). The van der Waals surface area contributed by atoms with Crippen molar-refractivity contribution < 1.29 is 13.2 Å². The summed E-state index contributed by atoms with van der Waals surface area (Å²) in [5.41, 5.74) is 2.65. The topological polar surface area (TPSA) is 80.2 Å². The molecule has 0 aliphatic carbocycles. The van der Waals surface area contributed by atoms with Crippen LogP contribution in [0.1, 0.15) is 17.3 Å². The summed E-state index contributed by atoms with van der Waals surface area (Å²) in [6.45, 7) is 1.50. The van der Waals surface area contributed by atoms with E-state index in [0.717, 1.165) is 17.2 Å². The summed E-state index contributed by atoms with van der Waals surface area (Å²) in [7, 11) is -1.68. The summed E-state index contributed by atoms with van der Waals surface area (Å²) in [6.07, 6.45) is 1.11. The van der Waals surface area contributed by atoms with Gasteiger partial charge in [-0.05, 0) is 25.1 Å². The van der Waals surface area contributed by atoms with E-state index in [-0.39, 0.29) is 5.78 Å². The van der Waals surface area contributed by atoms with Crippen LogP contribution in [0.2, 0.25) is 0 Å². The molecule has 0 radical (unpaired) electrons. The number of fused-ring (bicyclic) bond motifs is 1. The molecule has 0 amide bonds. The van der Waals surface area contributed by atoms with Gasteiger partial charge in [0.2, 0.25) is 10.0 Å². The Bertz CT molecular complexity index is 1070. The molecule has 0 unspecified atom stereocenters. The lowest BCUT2D eigenvalue weighted by Gasteiger charge is -2.13. The Labute approximate surface area is 146 Å². The van der Waals surface area contributed by atoms with Crippen LogP contribution in [0, 0.1) is 0 Å². The van der Waals surface area contributed by atoms with Gasteiger partial charge in [0.05, 0.1) is 17.5 Å². The van der Waals surface area contributed by atoms with Gasteiger partial charge in [0, 0.05) is 23.7 Å². The van der Waals surface area contributed by atoms with E-state index in [2.05, 4.69) is 10.0 Å². The Hall–Kier alpha value is -2.80. The highest BCUT2D eigenvalue weighted by Crippen LogP contribution is 2.37. The Morgan fingerprint density at radius 2 is 1.68 bits per heavy atom. The van der Waals surface area contributed by atoms with Crippen molar-refractivity contribution in [1.82, 2.24) is 4.57 Å². The fourth-order valence-electron chi connectivity index (χ4n) is 2.85. The van der Waals surface area contributed by atoms with Gasteiger partial charge >= 0.3 is 0 Å². The smallest absolute Gasteiger partial charge is 0.230 e. The third-order valence-corrected chi connectivity index (χ3v) is 4.52. The van der Waals surface area contributed by atoms with Crippen LogP contribution >= 0.6 is 0 Å². The number of ketones is 1. The standard InChI is InChI=1S/C18H19N3O3S/c1-12(22)13-8-4-6-10-15(13)19-17-14-9-5-7-11-16(14)21(2)18(17)20-25(3,23)24/h4-11,19-20H,1-3H3. The van der Waals surface area contributed by atoms with Gasteiger partial charge < -0.3 is 9.88 Å². The molecule has 2 aromatic carbocycles. The van der Waals surface area contributed by atoms with Crippen LogP contribution in [0.15, 0.2) is 48.5 Å². The van der Waals surface area contributed by atoms with E-state index < -0.39 is 10.0 Å². The number of benzene rings is 2. The maximum atomic E-state index is 11.9. The SMILES string of the molecule is CC(=O)c1ccccc1Nc1c(NS(C)(=O)=O)n(C)c2ccccc12. The van der Waals surface area contributed by atoms with Crippen LogP contribution in [0.5, 0.6) is 0 Å². The van der Waals surface area contributed by atoms with E-state index in [1.807, 2.05) is 30.3 Å². The second kappa shape index (κ2) is 6.25. The molecule has 25 heavy (non-hydrogen) atoms. The van der Waals surface area contributed by atoms with Crippen molar-refractivity contribution in [2.45, 2.75) is 6.92 Å². The zero-order chi connectivity index (χ0) is 18.2. The summed E-state index contributed by atoms with van der Waals surface area (Å²) < 4.78 is 27.9. The van der Waals surface area contributed by atoms with Crippen molar-refractivity contribution >= 4 is 43.9 Å². The fraction of sp³-hybridized carbons (Fsp3) is 0.167. The van der Waals surface area contributed by atoms with Crippen LogP contribution in [-0.4, -0.2) is 25.0 Å². The molecule has 2 N–H and O–H groups in total. The third kappa shape index (κ3) is 3.36. The molecule has 130 valence electrons. The molecule has 0 saturated carbocycles. The predicted molar refractivity (Wildman–Crippen MR) is 101 cm³/mol. The Morgan fingerprint density at radius 3 is 2.36 bits per heavy atom. The van der Waals surface area contributed by atoms with Gasteiger partial charge in [-0.1, -0.05) is 30.3 Å². The molecule has 0 saturated heterocycles. The van der Waals surface area contributed by atoms with Crippen molar-refractivity contribution in [3.05, 3.63) is 54.1 Å². The maximum absolute atomic E-state index is 11.9. The van der Waals surface area contributed by atoms with Crippen LogP contribution in [-0.2, 0) is 17.1 Å². The van der Waals surface area contributed by atoms with E-state index >= 15 is 0 Å². The number of rotatable bonds is 5. The number of Topliss-reactive ketones (excluding diaryl/α,β-unsaturated/α-hetero) is 1. The predicted octanol–water partition coefficient (Wildman–Crippen LogP) is 3.50. The van der Waals surface area contributed by atoms with E-state index in [1.165, 1.54) is 6.92 Å². The normalized spacial score (nSPS) is 11.5. The number of anilines is 3. The summed E-state index contributed by atoms with van der Waals surface area (Å²) >= 11 is 0. The second-order valence-electron chi connectivity index (χ2n) is 5.90. The summed E-state index contributed by atoms with van der Waals surface area (Å²) in [6, 6.07) is 14.7. The lowest BCUT2D eigenvalue weighted by molar-refractivity contribution is 0.101. The van der Waals surface area contributed by atoms with E-state index in [9.17, 15) is 13.2 Å². The highest BCUT2D eigenvalue weighted by Gasteiger charge is 2.19. The van der Waals surface area contributed by atoms with Gasteiger partial charge in [-0.3, -0.25) is 9.52 Å². The van der Waals surface area contributed by atoms with E-state index in [4.69, 9.17) is 0 Å². The third-order valence-electron chi connectivity index (χ3n) is 3.96. The van der Waals surface area contributed by atoms with Crippen LogP contribution in [0.25, 0.3) is 10.9 Å². The molecule has 3 aromatic rings. The average molecular weight is 357 g/mol. The maximum Gasteiger partial charge on any atom is 0.230 e. The quantitative estimate of drug-likeness (QED) is 0.685. The number of hydrogen-bond donors (Lipinski definition) is 2. The minimum absolute atomic E-state index is 0.0686. The monoisotopic (exact) mass is 357 g/mol. The van der Waals surface area contributed by atoms with Crippen molar-refractivity contribution in [3.63, 3.8) is 0 Å². The Kier molecular flexibility index (Phi) is 4.26. The molecule has 6 nitrogen and oxygen atoms in total. The molecule has 1 aromatic heterocycles. The van der Waals surface area contributed by atoms with Gasteiger partial charge in [-0.25, -0.2) is 8.42 Å². The van der Waals surface area contributed by atoms with Crippen molar-refractivity contribution in [3.8, 4) is 0 Å². The van der Waals surface area contributed by atoms with Crippen LogP contribution in [0.3, 0.4) is 0 Å². The number of aryl methyl sites for hydroxylation is 1. The molecule has 7 heteroatoms. The minimum Gasteiger partial charge on any atom is -0.351 e. The first-order valence-electron chi connectivity index (χ1n) is 7.70. The molecule has 0 fully saturated rings. The lowest BCUT2D eigenvalue weighted by Crippen LogP contribution is -2.13. The molecule has 0 atom stereocenters. The number of carbonyl (C=O) groups is 1. The summed E-state index contributed by atoms with van der Waals surface area (Å²) in [5.74, 6) is 0.350. The minimum atomic E-state index is -3.47. The molecule has 0 spiro atoms. The number of sulfonamides is 1. The van der Waals surface area contributed by atoms with Crippen LogP contribution in [0.4, 0.5) is 17.2 Å². The van der Waals surface area contributed by atoms with Gasteiger partial charge in [-0.15, -0.1) is 0 Å². The first kappa shape index (κ1) is 17.0. The highest BCUT2D eigenvalue weighted by atomic mass is 32.2. The van der Waals surface area contributed by atoms with E-state index in [1.54, 1.807) is 29.8 Å². The van der Waals surface area contributed by atoms with Crippen molar-refractivity contribution in [1.29, 1.82) is 0 Å². The first-order valence-corrected chi connectivity index (χ1v) is 9.59. The lowest BCUT2D eigenvalue weighted by atomic mass is 10.1. The number of para-hydroxylation sites is 2. The number of nitrogens with one attached hydrogen (secondary N) is 2. The molecule has 1 heterocycles. The zero-order valence-electron chi connectivity index (χ0n) is 14.2. The highest BCUT2D eigenvalue weighted by molar-refractivity contribution is 7.92. The average Bonchev–Trinajstić information content (AvgIpc) is 2.80. The molecule has 0 aliphatic rings. The van der Waals surface area contributed by atoms with Crippen LogP contribution < -0.4 is 10.0 Å². The summed E-state index contributed by atoms with van der Waals surface area (Å²) in [5, 5.41) is 4.10. The van der Waals surface area contributed by atoms with Gasteiger partial charge in [0.1, 0.15) is 5.82 Å². The molecule has 0 bridgehead atoms.